The molecule has 0 saturated carbocycles. The summed E-state index contributed by atoms with van der Waals surface area (Å²) >= 11 is 1.56. The zero-order valence-corrected chi connectivity index (χ0v) is 18.1. The Balaban J connectivity index is 1.71. The smallest absolute Gasteiger partial charge is 0.235 e. The average Bonchev–Trinajstić information content (AvgIpc) is 3.29. The van der Waals surface area contributed by atoms with Crippen LogP contribution in [-0.2, 0) is 4.79 Å². The van der Waals surface area contributed by atoms with Gasteiger partial charge >= 0.3 is 0 Å². The molecule has 1 aliphatic rings. The molecule has 2 N–H and O–H groups in total. The highest BCUT2D eigenvalue weighted by Crippen LogP contribution is 2.46. The average molecular weight is 436 g/mol. The maximum absolute atomic E-state index is 12.6. The Kier molecular flexibility index (Phi) is 4.85. The molecule has 4 aromatic rings. The number of ether oxygens (including phenoxy) is 1. The molecule has 9 nitrogen and oxygen atoms in total. The number of thioether (sulfide) groups is 1. The topological polar surface area (TPSA) is 111 Å². The molecule has 0 aliphatic carbocycles. The number of hydrogen-bond donors (Lipinski definition) is 2. The van der Waals surface area contributed by atoms with E-state index in [1.807, 2.05) is 45.0 Å². The SMILES string of the molecule is Cc1nn(-c2ncnc3nc[nH]c23)c2c1[C@H](c1ccccc1OC(C)C)SCC(=O)N2. The number of aromatic amines is 1. The van der Waals surface area contributed by atoms with E-state index in [4.69, 9.17) is 9.84 Å². The molecule has 31 heavy (non-hydrogen) atoms. The highest BCUT2D eigenvalue weighted by atomic mass is 32.2. The lowest BCUT2D eigenvalue weighted by molar-refractivity contribution is -0.113. The summed E-state index contributed by atoms with van der Waals surface area (Å²) in [4.78, 5) is 28.5. The Hall–Kier alpha value is -3.40. The van der Waals surface area contributed by atoms with Crippen LogP contribution < -0.4 is 10.1 Å². The number of nitrogens with one attached hydrogen (secondary N) is 2. The van der Waals surface area contributed by atoms with Crippen LogP contribution in [0.15, 0.2) is 36.9 Å². The van der Waals surface area contributed by atoms with Gasteiger partial charge in [-0.05, 0) is 26.8 Å². The van der Waals surface area contributed by atoms with E-state index >= 15 is 0 Å². The van der Waals surface area contributed by atoms with Gasteiger partial charge in [0.1, 0.15) is 23.4 Å². The number of aryl methyl sites for hydroxylation is 1. The van der Waals surface area contributed by atoms with E-state index in [2.05, 4.69) is 25.3 Å². The predicted molar refractivity (Wildman–Crippen MR) is 119 cm³/mol. The molecule has 0 fully saturated rings. The summed E-state index contributed by atoms with van der Waals surface area (Å²) < 4.78 is 7.74. The summed E-state index contributed by atoms with van der Waals surface area (Å²) in [6.45, 7) is 5.95. The van der Waals surface area contributed by atoms with Crippen molar-refractivity contribution < 1.29 is 9.53 Å². The van der Waals surface area contributed by atoms with Gasteiger partial charge in [0.05, 0.1) is 29.1 Å². The number of carbonyl (C=O) groups is 1. The maximum atomic E-state index is 12.6. The molecule has 1 amide bonds. The number of imidazole rings is 1. The second kappa shape index (κ2) is 7.69. The maximum Gasteiger partial charge on any atom is 0.235 e. The fourth-order valence-corrected chi connectivity index (χ4v) is 4.97. The molecule has 0 spiro atoms. The van der Waals surface area contributed by atoms with Crippen LogP contribution in [0.4, 0.5) is 5.82 Å². The second-order valence-corrected chi connectivity index (χ2v) is 8.59. The summed E-state index contributed by atoms with van der Waals surface area (Å²) in [6.07, 6.45) is 3.04. The monoisotopic (exact) mass is 435 g/mol. The fraction of sp³-hybridized carbons (Fsp3) is 0.286. The van der Waals surface area contributed by atoms with Crippen molar-refractivity contribution in [3.8, 4) is 11.6 Å². The molecule has 158 valence electrons. The molecular weight excluding hydrogens is 414 g/mol. The first-order chi connectivity index (χ1) is 15.0. The number of rotatable bonds is 4. The number of hydrogen-bond acceptors (Lipinski definition) is 7. The van der Waals surface area contributed by atoms with Crippen LogP contribution >= 0.6 is 11.8 Å². The standard InChI is InChI=1S/C21H21N7O2S/c1-11(2)30-14-7-5-4-6-13(14)18-16-12(3)27-28(20(16)26-15(29)8-31-18)21-17-19(23-9-22-17)24-10-25-21/h4-7,9-11,18H,8H2,1-3H3,(H,26,29)(H,22,23,24,25)/t18-/m0/s1. The van der Waals surface area contributed by atoms with Crippen molar-refractivity contribution in [1.82, 2.24) is 29.7 Å². The molecule has 1 aliphatic heterocycles. The van der Waals surface area contributed by atoms with Crippen molar-refractivity contribution >= 4 is 34.7 Å². The zero-order chi connectivity index (χ0) is 21.5. The van der Waals surface area contributed by atoms with E-state index in [9.17, 15) is 4.79 Å². The summed E-state index contributed by atoms with van der Waals surface area (Å²) in [5, 5.41) is 7.65. The van der Waals surface area contributed by atoms with Crippen molar-refractivity contribution in [1.29, 1.82) is 0 Å². The van der Waals surface area contributed by atoms with Crippen molar-refractivity contribution in [2.75, 3.05) is 11.1 Å². The summed E-state index contributed by atoms with van der Waals surface area (Å²) in [6, 6.07) is 7.96. The number of nitrogens with zero attached hydrogens (tertiary/aromatic N) is 5. The minimum atomic E-state index is -0.128. The van der Waals surface area contributed by atoms with Crippen LogP contribution in [0.1, 0.15) is 35.9 Å². The third-order valence-corrected chi connectivity index (χ3v) is 6.23. The predicted octanol–water partition coefficient (Wildman–Crippen LogP) is 3.41. The number of para-hydroxylation sites is 1. The molecule has 1 aromatic carbocycles. The zero-order valence-electron chi connectivity index (χ0n) is 17.3. The first-order valence-electron chi connectivity index (χ1n) is 9.94. The Morgan fingerprint density at radius 1 is 1.23 bits per heavy atom. The largest absolute Gasteiger partial charge is 0.491 e. The first-order valence-corrected chi connectivity index (χ1v) is 11.0. The Bertz CT molecular complexity index is 1280. The highest BCUT2D eigenvalue weighted by molar-refractivity contribution is 8.00. The van der Waals surface area contributed by atoms with E-state index in [0.717, 1.165) is 22.6 Å². The number of H-pyrrole nitrogens is 1. The van der Waals surface area contributed by atoms with Gasteiger partial charge in [-0.3, -0.25) is 4.79 Å². The van der Waals surface area contributed by atoms with Crippen molar-refractivity contribution in [2.45, 2.75) is 32.1 Å². The Labute approximate surface area is 182 Å². The number of fused-ring (bicyclic) bond motifs is 2. The first kappa shape index (κ1) is 19.6. The minimum absolute atomic E-state index is 0.0367. The third-order valence-electron chi connectivity index (χ3n) is 4.98. The molecule has 0 saturated heterocycles. The van der Waals surface area contributed by atoms with Gasteiger partial charge in [0, 0.05) is 11.1 Å². The molecule has 3 aromatic heterocycles. The Morgan fingerprint density at radius 3 is 2.90 bits per heavy atom. The second-order valence-electron chi connectivity index (χ2n) is 7.50. The van der Waals surface area contributed by atoms with E-state index in [-0.39, 0.29) is 17.3 Å². The van der Waals surface area contributed by atoms with Gasteiger partial charge in [0.25, 0.3) is 0 Å². The lowest BCUT2D eigenvalue weighted by atomic mass is 10.0. The van der Waals surface area contributed by atoms with Crippen LogP contribution in [0.5, 0.6) is 5.75 Å². The van der Waals surface area contributed by atoms with Gasteiger partial charge in [-0.15, -0.1) is 11.8 Å². The van der Waals surface area contributed by atoms with Crippen LogP contribution in [0.25, 0.3) is 17.0 Å². The Morgan fingerprint density at radius 2 is 2.06 bits per heavy atom. The van der Waals surface area contributed by atoms with Crippen molar-refractivity contribution in [3.05, 3.63) is 53.7 Å². The molecule has 5 rings (SSSR count). The normalized spacial score (nSPS) is 16.3. The van der Waals surface area contributed by atoms with Crippen LogP contribution in [-0.4, -0.2) is 47.5 Å². The van der Waals surface area contributed by atoms with Crippen LogP contribution in [0.2, 0.25) is 0 Å². The van der Waals surface area contributed by atoms with Crippen molar-refractivity contribution in [2.24, 2.45) is 0 Å². The highest BCUT2D eigenvalue weighted by Gasteiger charge is 2.33. The van der Waals surface area contributed by atoms with Gasteiger partial charge in [-0.1, -0.05) is 18.2 Å². The van der Waals surface area contributed by atoms with E-state index < -0.39 is 0 Å². The molecule has 0 bridgehead atoms. The van der Waals surface area contributed by atoms with Crippen LogP contribution in [0, 0.1) is 6.92 Å². The van der Waals surface area contributed by atoms with Crippen molar-refractivity contribution in [3.63, 3.8) is 0 Å². The molecule has 1 atom stereocenters. The quantitative estimate of drug-likeness (QED) is 0.505. The van der Waals surface area contributed by atoms with Gasteiger partial charge in [0.15, 0.2) is 11.5 Å². The summed E-state index contributed by atoms with van der Waals surface area (Å²) in [7, 11) is 0. The number of anilines is 1. The molecular formula is C21H21N7O2S. The van der Waals surface area contributed by atoms with Gasteiger partial charge in [-0.25, -0.2) is 15.0 Å². The van der Waals surface area contributed by atoms with Gasteiger partial charge < -0.3 is 15.0 Å². The third kappa shape index (κ3) is 3.42. The summed E-state index contributed by atoms with van der Waals surface area (Å²) in [5.41, 5.74) is 3.94. The molecule has 4 heterocycles. The lowest BCUT2D eigenvalue weighted by Gasteiger charge is -2.20. The molecule has 0 unspecified atom stereocenters. The number of aromatic nitrogens is 6. The fourth-order valence-electron chi connectivity index (χ4n) is 3.75. The van der Waals surface area contributed by atoms with E-state index in [1.165, 1.54) is 6.33 Å². The molecule has 10 heteroatoms. The van der Waals surface area contributed by atoms with Gasteiger partial charge in [-0.2, -0.15) is 9.78 Å². The number of benzene rings is 1. The number of amides is 1. The molecule has 0 radical (unpaired) electrons. The van der Waals surface area contributed by atoms with Crippen LogP contribution in [0.3, 0.4) is 0 Å². The summed E-state index contributed by atoms with van der Waals surface area (Å²) in [5.74, 6) is 2.17. The van der Waals surface area contributed by atoms with Gasteiger partial charge in [0.2, 0.25) is 5.91 Å². The van der Waals surface area contributed by atoms with E-state index in [0.29, 0.717) is 28.6 Å². The number of carbonyl (C=O) groups excluding carboxylic acids is 1. The van der Waals surface area contributed by atoms with E-state index in [1.54, 1.807) is 22.8 Å². The lowest BCUT2D eigenvalue weighted by Crippen LogP contribution is -2.16. The minimum Gasteiger partial charge on any atom is -0.491 e.